The summed E-state index contributed by atoms with van der Waals surface area (Å²) in [6.07, 6.45) is 2.43. The number of hydrogen-bond donors (Lipinski definition) is 1. The van der Waals surface area contributed by atoms with Crippen molar-refractivity contribution in [2.45, 2.75) is 38.3 Å². The fourth-order valence-corrected chi connectivity index (χ4v) is 2.98. The summed E-state index contributed by atoms with van der Waals surface area (Å²) in [5.74, 6) is -0.595. The summed E-state index contributed by atoms with van der Waals surface area (Å²) in [5, 5.41) is 5.72. The molecule has 0 saturated heterocycles. The largest absolute Gasteiger partial charge is 0.368 e. The molecule has 1 heterocycles. The Morgan fingerprint density at radius 3 is 2.50 bits per heavy atom. The van der Waals surface area contributed by atoms with Gasteiger partial charge in [0.15, 0.2) is 0 Å². The molecule has 2 amide bonds. The van der Waals surface area contributed by atoms with Gasteiger partial charge in [-0.2, -0.15) is 5.10 Å². The van der Waals surface area contributed by atoms with Crippen LogP contribution in [-0.2, 0) is 9.59 Å². The van der Waals surface area contributed by atoms with E-state index in [-0.39, 0.29) is 24.2 Å². The van der Waals surface area contributed by atoms with Crippen molar-refractivity contribution in [3.05, 3.63) is 30.1 Å². The number of carbonyl (C=O) groups is 2. The summed E-state index contributed by atoms with van der Waals surface area (Å²) in [4.78, 5) is 26.1. The molecule has 2 unspecified atom stereocenters. The van der Waals surface area contributed by atoms with Gasteiger partial charge in [0.25, 0.3) is 5.91 Å². The molecular formula is C17H21FN4O2. The third kappa shape index (κ3) is 3.11. The number of hydrogen-bond acceptors (Lipinski definition) is 4. The quantitative estimate of drug-likeness (QED) is 0.887. The molecule has 1 aromatic carbocycles. The normalized spacial score (nSPS) is 21.4. The molecule has 1 aromatic rings. The Morgan fingerprint density at radius 1 is 1.33 bits per heavy atom. The summed E-state index contributed by atoms with van der Waals surface area (Å²) in [7, 11) is 1.76. The lowest BCUT2D eigenvalue weighted by atomic mass is 10.1. The Morgan fingerprint density at radius 2 is 1.96 bits per heavy atom. The van der Waals surface area contributed by atoms with Crippen molar-refractivity contribution < 1.29 is 14.0 Å². The van der Waals surface area contributed by atoms with Crippen LogP contribution in [0.4, 0.5) is 10.1 Å². The van der Waals surface area contributed by atoms with Crippen molar-refractivity contribution in [1.82, 2.24) is 4.90 Å². The van der Waals surface area contributed by atoms with Gasteiger partial charge in [0.05, 0.1) is 5.69 Å². The van der Waals surface area contributed by atoms with Gasteiger partial charge in [0.2, 0.25) is 5.91 Å². The van der Waals surface area contributed by atoms with Crippen LogP contribution in [0.5, 0.6) is 0 Å². The molecule has 1 saturated carbocycles. The minimum absolute atomic E-state index is 0.145. The molecule has 0 spiro atoms. The van der Waals surface area contributed by atoms with Gasteiger partial charge in [0.1, 0.15) is 17.6 Å². The first-order valence-electron chi connectivity index (χ1n) is 8.07. The summed E-state index contributed by atoms with van der Waals surface area (Å²) >= 11 is 0. The molecule has 2 aliphatic rings. The maximum Gasteiger partial charge on any atom is 0.270 e. The fourth-order valence-electron chi connectivity index (χ4n) is 2.98. The van der Waals surface area contributed by atoms with Gasteiger partial charge < -0.3 is 10.6 Å². The smallest absolute Gasteiger partial charge is 0.270 e. The number of halogens is 1. The molecule has 3 rings (SSSR count). The van der Waals surface area contributed by atoms with Crippen LogP contribution in [0.2, 0.25) is 0 Å². The number of carbonyl (C=O) groups excluding carboxylic acids is 2. The molecule has 6 nitrogen and oxygen atoms in total. The molecule has 0 aromatic heterocycles. The van der Waals surface area contributed by atoms with Crippen LogP contribution >= 0.6 is 0 Å². The Kier molecular flexibility index (Phi) is 4.26. The van der Waals surface area contributed by atoms with Gasteiger partial charge in [-0.25, -0.2) is 4.39 Å². The Balaban J connectivity index is 1.83. The van der Waals surface area contributed by atoms with E-state index in [1.54, 1.807) is 11.9 Å². The van der Waals surface area contributed by atoms with Crippen molar-refractivity contribution in [3.8, 4) is 0 Å². The lowest BCUT2D eigenvalue weighted by Gasteiger charge is -2.24. The summed E-state index contributed by atoms with van der Waals surface area (Å²) in [5.41, 5.74) is 6.29. The molecule has 128 valence electrons. The van der Waals surface area contributed by atoms with Gasteiger partial charge in [-0.15, -0.1) is 0 Å². The number of nitrogens with zero attached hydrogens (tertiary/aromatic N) is 3. The van der Waals surface area contributed by atoms with E-state index in [9.17, 15) is 14.0 Å². The predicted molar refractivity (Wildman–Crippen MR) is 88.9 cm³/mol. The molecule has 0 radical (unpaired) electrons. The third-order valence-corrected chi connectivity index (χ3v) is 4.81. The van der Waals surface area contributed by atoms with E-state index in [1.807, 2.05) is 6.92 Å². The van der Waals surface area contributed by atoms with E-state index >= 15 is 0 Å². The molecule has 1 aliphatic carbocycles. The van der Waals surface area contributed by atoms with Gasteiger partial charge in [-0.3, -0.25) is 14.6 Å². The predicted octanol–water partition coefficient (Wildman–Crippen LogP) is 1.50. The average molecular weight is 332 g/mol. The van der Waals surface area contributed by atoms with Crippen LogP contribution in [-0.4, -0.2) is 41.6 Å². The Hall–Kier alpha value is -2.44. The average Bonchev–Trinajstić information content (AvgIpc) is 3.31. The molecule has 24 heavy (non-hydrogen) atoms. The van der Waals surface area contributed by atoms with E-state index in [4.69, 9.17) is 5.73 Å². The van der Waals surface area contributed by atoms with E-state index in [1.165, 1.54) is 29.3 Å². The zero-order valence-electron chi connectivity index (χ0n) is 13.8. The standard InChI is InChI=1S/C17H21FN4O2/c1-10(11-3-4-11)21(2)17(24)14-9-15(16(19)23)22(20-14)13-7-5-12(18)6-8-13/h5-8,10-11,15H,3-4,9H2,1-2H3,(H2,19,23). The van der Waals surface area contributed by atoms with Crippen molar-refractivity contribution in [2.24, 2.45) is 16.8 Å². The molecular weight excluding hydrogens is 311 g/mol. The van der Waals surface area contributed by atoms with Crippen LogP contribution in [0.15, 0.2) is 29.4 Å². The molecule has 1 fully saturated rings. The Labute approximate surface area is 140 Å². The van der Waals surface area contributed by atoms with E-state index in [0.29, 0.717) is 17.3 Å². The van der Waals surface area contributed by atoms with E-state index in [2.05, 4.69) is 5.10 Å². The Bertz CT molecular complexity index is 684. The second-order valence-electron chi connectivity index (χ2n) is 6.48. The van der Waals surface area contributed by atoms with Crippen LogP contribution in [0.3, 0.4) is 0 Å². The maximum atomic E-state index is 13.1. The highest BCUT2D eigenvalue weighted by molar-refractivity contribution is 6.40. The van der Waals surface area contributed by atoms with E-state index in [0.717, 1.165) is 12.8 Å². The zero-order valence-corrected chi connectivity index (χ0v) is 13.8. The van der Waals surface area contributed by atoms with Crippen LogP contribution in [0, 0.1) is 11.7 Å². The highest BCUT2D eigenvalue weighted by Crippen LogP contribution is 2.35. The summed E-state index contributed by atoms with van der Waals surface area (Å²) in [6.45, 7) is 2.02. The fraction of sp³-hybridized carbons (Fsp3) is 0.471. The first kappa shape index (κ1) is 16.4. The number of rotatable bonds is 5. The van der Waals surface area contributed by atoms with Crippen molar-refractivity contribution >= 4 is 23.2 Å². The lowest BCUT2D eigenvalue weighted by Crippen LogP contribution is -2.42. The van der Waals surface area contributed by atoms with Crippen molar-refractivity contribution in [1.29, 1.82) is 0 Å². The maximum absolute atomic E-state index is 13.1. The highest BCUT2D eigenvalue weighted by Gasteiger charge is 2.39. The third-order valence-electron chi connectivity index (χ3n) is 4.81. The number of hydrazone groups is 1. The number of benzene rings is 1. The first-order valence-corrected chi connectivity index (χ1v) is 8.07. The minimum atomic E-state index is -0.737. The van der Waals surface area contributed by atoms with E-state index < -0.39 is 11.9 Å². The number of nitrogens with two attached hydrogens (primary N) is 1. The molecule has 1 aliphatic heterocycles. The van der Waals surface area contributed by atoms with Gasteiger partial charge in [-0.05, 0) is 49.9 Å². The highest BCUT2D eigenvalue weighted by atomic mass is 19.1. The van der Waals surface area contributed by atoms with Gasteiger partial charge >= 0.3 is 0 Å². The second-order valence-corrected chi connectivity index (χ2v) is 6.48. The van der Waals surface area contributed by atoms with Crippen LogP contribution < -0.4 is 10.7 Å². The first-order chi connectivity index (χ1) is 11.4. The zero-order chi connectivity index (χ0) is 17.4. The monoisotopic (exact) mass is 332 g/mol. The van der Waals surface area contributed by atoms with Crippen LogP contribution in [0.25, 0.3) is 0 Å². The second kappa shape index (κ2) is 6.22. The topological polar surface area (TPSA) is 79.0 Å². The van der Waals surface area contributed by atoms with Gasteiger partial charge in [0, 0.05) is 19.5 Å². The molecule has 2 atom stereocenters. The van der Waals surface area contributed by atoms with Crippen molar-refractivity contribution in [2.75, 3.05) is 12.1 Å². The minimum Gasteiger partial charge on any atom is -0.368 e. The van der Waals surface area contributed by atoms with Gasteiger partial charge in [-0.1, -0.05) is 0 Å². The van der Waals surface area contributed by atoms with Crippen LogP contribution in [0.1, 0.15) is 26.2 Å². The molecule has 2 N–H and O–H groups in total. The SMILES string of the molecule is CC(C1CC1)N(C)C(=O)C1=NN(c2ccc(F)cc2)C(C(N)=O)C1. The summed E-state index contributed by atoms with van der Waals surface area (Å²) < 4.78 is 13.1. The van der Waals surface area contributed by atoms with Crippen molar-refractivity contribution in [3.63, 3.8) is 0 Å². The number of anilines is 1. The number of primary amides is 1. The molecule has 0 bridgehead atoms. The molecule has 7 heteroatoms. The summed E-state index contributed by atoms with van der Waals surface area (Å²) in [6, 6.07) is 5.00. The lowest BCUT2D eigenvalue weighted by molar-refractivity contribution is -0.125. The number of amides is 2.